The normalized spacial score (nSPS) is 10.7. The molecular weight excluding hydrogens is 308 g/mol. The van der Waals surface area contributed by atoms with Crippen LogP contribution in [0.25, 0.3) is 11.0 Å². The minimum Gasteiger partial charge on any atom is -0.423 e. The van der Waals surface area contributed by atoms with Crippen molar-refractivity contribution in [2.45, 2.75) is 32.6 Å². The van der Waals surface area contributed by atoms with Crippen molar-refractivity contribution in [1.29, 1.82) is 0 Å². The summed E-state index contributed by atoms with van der Waals surface area (Å²) in [6, 6.07) is 6.76. The highest BCUT2D eigenvalue weighted by Crippen LogP contribution is 2.20. The summed E-state index contributed by atoms with van der Waals surface area (Å²) in [7, 11) is 0. The predicted molar refractivity (Wildman–Crippen MR) is 93.3 cm³/mol. The van der Waals surface area contributed by atoms with Crippen LogP contribution in [0.3, 0.4) is 0 Å². The fourth-order valence-electron chi connectivity index (χ4n) is 2.50. The molecule has 1 aromatic carbocycles. The van der Waals surface area contributed by atoms with Gasteiger partial charge in [-0.25, -0.2) is 4.79 Å². The van der Waals surface area contributed by atoms with Crippen molar-refractivity contribution < 1.29 is 14.0 Å². The third-order valence-electron chi connectivity index (χ3n) is 3.72. The van der Waals surface area contributed by atoms with Gasteiger partial charge in [0, 0.05) is 29.6 Å². The van der Waals surface area contributed by atoms with E-state index in [9.17, 15) is 14.4 Å². The molecular formula is C18H22N2O4. The standard InChI is InChI=1S/C18H22N2O4/c1-13-11-18(23)24-16-12-14(6-7-15(13)16)20-17(22)5-3-2-4-8-19-9-10-21/h6-7,10-12,19H,2-5,8-9H2,1H3,(H,20,22). The number of aryl methyl sites for hydroxylation is 1. The first-order valence-corrected chi connectivity index (χ1v) is 8.09. The maximum Gasteiger partial charge on any atom is 0.336 e. The van der Waals surface area contributed by atoms with Gasteiger partial charge >= 0.3 is 5.63 Å². The summed E-state index contributed by atoms with van der Waals surface area (Å²) in [5.74, 6) is -0.0646. The molecule has 0 saturated carbocycles. The number of carbonyl (C=O) groups is 2. The maximum atomic E-state index is 12.0. The SMILES string of the molecule is Cc1cc(=O)oc2cc(NC(=O)CCCCCNCC=O)ccc12. The Kier molecular flexibility index (Phi) is 6.69. The summed E-state index contributed by atoms with van der Waals surface area (Å²) >= 11 is 0. The van der Waals surface area contributed by atoms with Gasteiger partial charge < -0.3 is 19.8 Å². The van der Waals surface area contributed by atoms with Crippen LogP contribution < -0.4 is 16.3 Å². The van der Waals surface area contributed by atoms with Crippen LogP contribution in [0.4, 0.5) is 5.69 Å². The van der Waals surface area contributed by atoms with Crippen molar-refractivity contribution in [3.05, 3.63) is 40.2 Å². The van der Waals surface area contributed by atoms with Crippen LogP contribution in [-0.2, 0) is 9.59 Å². The van der Waals surface area contributed by atoms with Gasteiger partial charge in [-0.2, -0.15) is 0 Å². The van der Waals surface area contributed by atoms with E-state index >= 15 is 0 Å². The molecule has 0 spiro atoms. The zero-order valence-corrected chi connectivity index (χ0v) is 13.8. The number of amides is 1. The minimum absolute atomic E-state index is 0.0646. The van der Waals surface area contributed by atoms with Gasteiger partial charge in [0.15, 0.2) is 0 Å². The Morgan fingerprint density at radius 1 is 1.21 bits per heavy atom. The highest BCUT2D eigenvalue weighted by atomic mass is 16.4. The molecule has 2 aromatic rings. The Balaban J connectivity index is 1.82. The Labute approximate surface area is 140 Å². The number of carbonyl (C=O) groups excluding carboxylic acids is 2. The van der Waals surface area contributed by atoms with Gasteiger partial charge in [0.25, 0.3) is 0 Å². The lowest BCUT2D eigenvalue weighted by molar-refractivity contribution is -0.116. The van der Waals surface area contributed by atoms with Crippen LogP contribution in [0.2, 0.25) is 0 Å². The number of unbranched alkanes of at least 4 members (excludes halogenated alkanes) is 2. The lowest BCUT2D eigenvalue weighted by atomic mass is 10.1. The molecule has 0 aliphatic rings. The molecule has 128 valence electrons. The van der Waals surface area contributed by atoms with Gasteiger partial charge in [-0.1, -0.05) is 6.42 Å². The summed E-state index contributed by atoms with van der Waals surface area (Å²) < 4.78 is 5.17. The van der Waals surface area contributed by atoms with Crippen LogP contribution in [0.1, 0.15) is 31.2 Å². The van der Waals surface area contributed by atoms with E-state index in [1.807, 2.05) is 13.0 Å². The monoisotopic (exact) mass is 330 g/mol. The Bertz CT molecular complexity index is 767. The summed E-state index contributed by atoms with van der Waals surface area (Å²) in [6.45, 7) is 3.00. The summed E-state index contributed by atoms with van der Waals surface area (Å²) in [4.78, 5) is 33.5. The van der Waals surface area contributed by atoms with Crippen LogP contribution in [-0.4, -0.2) is 25.3 Å². The topological polar surface area (TPSA) is 88.4 Å². The van der Waals surface area contributed by atoms with Crippen LogP contribution in [0.15, 0.2) is 33.5 Å². The number of benzene rings is 1. The molecule has 6 heteroatoms. The molecule has 2 N–H and O–H groups in total. The van der Waals surface area contributed by atoms with Gasteiger partial charge in [-0.3, -0.25) is 4.79 Å². The highest BCUT2D eigenvalue weighted by Gasteiger charge is 2.06. The molecule has 1 aromatic heterocycles. The average molecular weight is 330 g/mol. The lowest BCUT2D eigenvalue weighted by Crippen LogP contribution is -2.17. The molecule has 0 aliphatic heterocycles. The molecule has 0 atom stereocenters. The number of rotatable bonds is 9. The first kappa shape index (κ1) is 17.9. The Morgan fingerprint density at radius 3 is 2.83 bits per heavy atom. The number of aldehydes is 1. The second-order valence-corrected chi connectivity index (χ2v) is 5.69. The molecule has 0 radical (unpaired) electrons. The van der Waals surface area contributed by atoms with Gasteiger partial charge in [0.1, 0.15) is 11.9 Å². The minimum atomic E-state index is -0.397. The van der Waals surface area contributed by atoms with E-state index in [0.29, 0.717) is 24.2 Å². The zero-order valence-electron chi connectivity index (χ0n) is 13.8. The molecule has 0 saturated heterocycles. The van der Waals surface area contributed by atoms with Crippen molar-refractivity contribution in [1.82, 2.24) is 5.32 Å². The Hall–Kier alpha value is -2.47. The van der Waals surface area contributed by atoms with E-state index in [0.717, 1.165) is 43.0 Å². The first-order valence-electron chi connectivity index (χ1n) is 8.09. The van der Waals surface area contributed by atoms with E-state index in [2.05, 4.69) is 10.6 Å². The van der Waals surface area contributed by atoms with E-state index in [1.165, 1.54) is 6.07 Å². The highest BCUT2D eigenvalue weighted by molar-refractivity contribution is 5.93. The van der Waals surface area contributed by atoms with Gasteiger partial charge in [0.05, 0.1) is 6.54 Å². The molecule has 0 bridgehead atoms. The number of nitrogens with one attached hydrogen (secondary N) is 2. The smallest absolute Gasteiger partial charge is 0.336 e. The number of hydrogen-bond acceptors (Lipinski definition) is 5. The fraction of sp³-hybridized carbons (Fsp3) is 0.389. The van der Waals surface area contributed by atoms with E-state index < -0.39 is 5.63 Å². The Morgan fingerprint density at radius 2 is 2.04 bits per heavy atom. The van der Waals surface area contributed by atoms with Crippen molar-refractivity contribution in [2.24, 2.45) is 0 Å². The molecule has 6 nitrogen and oxygen atoms in total. The van der Waals surface area contributed by atoms with Gasteiger partial charge in [0.2, 0.25) is 5.91 Å². The number of anilines is 1. The van der Waals surface area contributed by atoms with E-state index in [-0.39, 0.29) is 5.91 Å². The molecule has 0 aliphatic carbocycles. The van der Waals surface area contributed by atoms with Gasteiger partial charge in [-0.15, -0.1) is 0 Å². The summed E-state index contributed by atoms with van der Waals surface area (Å²) in [5.41, 5.74) is 1.54. The second-order valence-electron chi connectivity index (χ2n) is 5.69. The third-order valence-corrected chi connectivity index (χ3v) is 3.72. The molecule has 24 heavy (non-hydrogen) atoms. The van der Waals surface area contributed by atoms with E-state index in [1.54, 1.807) is 12.1 Å². The van der Waals surface area contributed by atoms with E-state index in [4.69, 9.17) is 4.42 Å². The molecule has 0 unspecified atom stereocenters. The maximum absolute atomic E-state index is 12.0. The molecule has 2 rings (SSSR count). The number of hydrogen-bond donors (Lipinski definition) is 2. The van der Waals surface area contributed by atoms with Crippen molar-refractivity contribution >= 4 is 28.8 Å². The largest absolute Gasteiger partial charge is 0.423 e. The molecule has 0 fully saturated rings. The van der Waals surface area contributed by atoms with Crippen LogP contribution in [0.5, 0.6) is 0 Å². The predicted octanol–water partition coefficient (Wildman–Crippen LogP) is 2.39. The van der Waals surface area contributed by atoms with Crippen LogP contribution >= 0.6 is 0 Å². The number of fused-ring (bicyclic) bond motifs is 1. The molecule has 1 heterocycles. The van der Waals surface area contributed by atoms with Gasteiger partial charge in [-0.05, 0) is 44.0 Å². The van der Waals surface area contributed by atoms with Crippen molar-refractivity contribution in [2.75, 3.05) is 18.4 Å². The third kappa shape index (κ3) is 5.31. The van der Waals surface area contributed by atoms with Crippen molar-refractivity contribution in [3.63, 3.8) is 0 Å². The summed E-state index contributed by atoms with van der Waals surface area (Å²) in [6.07, 6.45) is 3.91. The van der Waals surface area contributed by atoms with Crippen molar-refractivity contribution in [3.8, 4) is 0 Å². The average Bonchev–Trinajstić information content (AvgIpc) is 2.53. The molecule has 1 amide bonds. The van der Waals surface area contributed by atoms with Crippen LogP contribution in [0, 0.1) is 6.92 Å². The quantitative estimate of drug-likeness (QED) is 0.419. The summed E-state index contributed by atoms with van der Waals surface area (Å²) in [5, 5.41) is 6.66. The lowest BCUT2D eigenvalue weighted by Gasteiger charge is -2.07. The zero-order chi connectivity index (χ0) is 17.4. The first-order chi connectivity index (χ1) is 11.6. The second kappa shape index (κ2) is 8.98. The fourth-order valence-corrected chi connectivity index (χ4v) is 2.50.